The molecule has 0 atom stereocenters. The molecule has 0 saturated carbocycles. The van der Waals surface area contributed by atoms with Gasteiger partial charge in [0.05, 0.1) is 16.3 Å². The topological polar surface area (TPSA) is 61.9 Å². The molecule has 0 aliphatic carbocycles. The number of sulfonamides is 1. The van der Waals surface area contributed by atoms with E-state index in [1.54, 1.807) is 12.1 Å². The van der Waals surface area contributed by atoms with E-state index in [2.05, 4.69) is 5.32 Å². The first-order valence-electron chi connectivity index (χ1n) is 10.3. The lowest BCUT2D eigenvalue weighted by atomic mass is 10.2. The number of nitrogens with one attached hydrogen (secondary N) is 1. The van der Waals surface area contributed by atoms with Gasteiger partial charge in [-0.2, -0.15) is 0 Å². The predicted molar refractivity (Wildman–Crippen MR) is 139 cm³/mol. The molecule has 3 aromatic carbocycles. The Labute approximate surface area is 207 Å². The molecule has 33 heavy (non-hydrogen) atoms. The maximum Gasteiger partial charge on any atom is 0.264 e. The van der Waals surface area contributed by atoms with Crippen molar-refractivity contribution in [1.29, 1.82) is 0 Å². The van der Waals surface area contributed by atoms with Crippen LogP contribution in [-0.2, 0) is 10.0 Å². The van der Waals surface area contributed by atoms with Crippen LogP contribution < -0.4 is 14.4 Å². The summed E-state index contributed by atoms with van der Waals surface area (Å²) in [6, 6.07) is 23.2. The fourth-order valence-corrected chi connectivity index (χ4v) is 4.71. The predicted octanol–water partition coefficient (Wildman–Crippen LogP) is 5.01. The van der Waals surface area contributed by atoms with Gasteiger partial charge in [0.1, 0.15) is 12.4 Å². The van der Waals surface area contributed by atoms with E-state index in [4.69, 9.17) is 16.3 Å². The number of ether oxygens (including phenoxy) is 1. The smallest absolute Gasteiger partial charge is 0.264 e. The van der Waals surface area contributed by atoms with E-state index in [1.165, 1.54) is 16.4 Å². The Morgan fingerprint density at radius 3 is 2.18 bits per heavy atom. The third kappa shape index (κ3) is 7.54. The van der Waals surface area contributed by atoms with E-state index in [0.29, 0.717) is 37.0 Å². The average molecular weight is 510 g/mol. The van der Waals surface area contributed by atoms with Gasteiger partial charge in [-0.3, -0.25) is 4.31 Å². The summed E-state index contributed by atoms with van der Waals surface area (Å²) in [4.78, 5) is 2.15. The summed E-state index contributed by atoms with van der Waals surface area (Å²) >= 11 is 5.96. The van der Waals surface area contributed by atoms with E-state index < -0.39 is 10.0 Å². The molecule has 0 aliphatic rings. The van der Waals surface area contributed by atoms with Gasteiger partial charge < -0.3 is 15.0 Å². The first kappa shape index (κ1) is 26.8. The minimum absolute atomic E-state index is 0. The van der Waals surface area contributed by atoms with Crippen LogP contribution in [0.3, 0.4) is 0 Å². The number of hydrogen-bond acceptors (Lipinski definition) is 5. The van der Waals surface area contributed by atoms with Crippen molar-refractivity contribution < 1.29 is 13.2 Å². The van der Waals surface area contributed by atoms with Crippen molar-refractivity contribution in [2.75, 3.05) is 50.0 Å². The second-order valence-electron chi connectivity index (χ2n) is 7.44. The molecule has 0 bridgehead atoms. The number of benzene rings is 3. The minimum atomic E-state index is -3.79. The SMILES string of the molecule is CN(C)CCN(c1ccccc1NCCOc1ccccc1)S(=O)(=O)c1ccc(Cl)cc1.Cl. The number of hydrogen-bond donors (Lipinski definition) is 1. The first-order valence-corrected chi connectivity index (χ1v) is 12.1. The number of nitrogens with zero attached hydrogens (tertiary/aromatic N) is 2. The van der Waals surface area contributed by atoms with Gasteiger partial charge in [-0.05, 0) is 62.6 Å². The summed E-state index contributed by atoms with van der Waals surface area (Å²) in [7, 11) is 0.0438. The quantitative estimate of drug-likeness (QED) is 0.368. The second-order valence-corrected chi connectivity index (χ2v) is 9.74. The molecular formula is C24H29Cl2N3O3S. The van der Waals surface area contributed by atoms with Gasteiger partial charge in [0.25, 0.3) is 10.0 Å². The van der Waals surface area contributed by atoms with Crippen molar-refractivity contribution in [3.63, 3.8) is 0 Å². The monoisotopic (exact) mass is 509 g/mol. The normalized spacial score (nSPS) is 11.0. The Hall–Kier alpha value is -2.45. The zero-order valence-electron chi connectivity index (χ0n) is 18.6. The number of halogens is 2. The van der Waals surface area contributed by atoms with Crippen LogP contribution >= 0.6 is 24.0 Å². The molecule has 0 radical (unpaired) electrons. The highest BCUT2D eigenvalue weighted by Gasteiger charge is 2.26. The van der Waals surface area contributed by atoms with Crippen molar-refractivity contribution in [2.24, 2.45) is 0 Å². The third-order valence-electron chi connectivity index (χ3n) is 4.75. The van der Waals surface area contributed by atoms with Crippen molar-refractivity contribution >= 4 is 45.4 Å². The Balaban J connectivity index is 0.00000385. The van der Waals surface area contributed by atoms with Gasteiger partial charge in [-0.25, -0.2) is 8.42 Å². The standard InChI is InChI=1S/C24H28ClN3O3S.ClH/c1-27(2)17-18-28(32(29,30)22-14-12-20(25)13-15-22)24-11-7-6-10-23(24)26-16-19-31-21-8-4-3-5-9-21;/h3-15,26H,16-19H2,1-2H3;1H. The van der Waals surface area contributed by atoms with Gasteiger partial charge in [-0.1, -0.05) is 41.9 Å². The first-order chi connectivity index (χ1) is 15.4. The lowest BCUT2D eigenvalue weighted by molar-refractivity contribution is 0.333. The Morgan fingerprint density at radius 2 is 1.52 bits per heavy atom. The summed E-state index contributed by atoms with van der Waals surface area (Å²) in [5.74, 6) is 0.792. The highest BCUT2D eigenvalue weighted by Crippen LogP contribution is 2.31. The van der Waals surface area contributed by atoms with Gasteiger partial charge in [0, 0.05) is 24.7 Å². The molecule has 0 fully saturated rings. The fourth-order valence-electron chi connectivity index (χ4n) is 3.11. The number of para-hydroxylation sites is 3. The van der Waals surface area contributed by atoms with Crippen LogP contribution in [0.5, 0.6) is 5.75 Å². The van der Waals surface area contributed by atoms with Crippen LogP contribution in [0.15, 0.2) is 83.8 Å². The Morgan fingerprint density at radius 1 is 0.879 bits per heavy atom. The zero-order chi connectivity index (χ0) is 23.0. The third-order valence-corrected chi connectivity index (χ3v) is 6.83. The highest BCUT2D eigenvalue weighted by atomic mass is 35.5. The van der Waals surface area contributed by atoms with E-state index >= 15 is 0 Å². The Kier molecular flexibility index (Phi) is 10.3. The maximum atomic E-state index is 13.5. The van der Waals surface area contributed by atoms with Crippen LogP contribution in [-0.4, -0.2) is 53.7 Å². The van der Waals surface area contributed by atoms with Crippen LogP contribution in [0.4, 0.5) is 11.4 Å². The highest BCUT2D eigenvalue weighted by molar-refractivity contribution is 7.92. The summed E-state index contributed by atoms with van der Waals surface area (Å²) in [5.41, 5.74) is 1.31. The summed E-state index contributed by atoms with van der Waals surface area (Å²) in [5, 5.41) is 3.81. The molecule has 6 nitrogen and oxygen atoms in total. The molecule has 0 aromatic heterocycles. The van der Waals surface area contributed by atoms with E-state index in [-0.39, 0.29) is 17.3 Å². The van der Waals surface area contributed by atoms with Gasteiger partial charge in [0.15, 0.2) is 0 Å². The van der Waals surface area contributed by atoms with E-state index in [9.17, 15) is 8.42 Å². The molecule has 0 aliphatic heterocycles. The van der Waals surface area contributed by atoms with Crippen LogP contribution in [0.1, 0.15) is 0 Å². The van der Waals surface area contributed by atoms with Crippen molar-refractivity contribution in [3.05, 3.63) is 83.9 Å². The number of likely N-dealkylation sites (N-methyl/N-ethyl adjacent to an activating group) is 1. The summed E-state index contributed by atoms with van der Waals surface area (Å²) < 4.78 is 34.3. The molecule has 178 valence electrons. The molecular weight excluding hydrogens is 481 g/mol. The molecule has 0 spiro atoms. The van der Waals surface area contributed by atoms with Gasteiger partial charge in [0.2, 0.25) is 0 Å². The van der Waals surface area contributed by atoms with Crippen molar-refractivity contribution in [3.8, 4) is 5.75 Å². The molecule has 0 unspecified atom stereocenters. The largest absolute Gasteiger partial charge is 0.492 e. The van der Waals surface area contributed by atoms with Crippen LogP contribution in [0.25, 0.3) is 0 Å². The lowest BCUT2D eigenvalue weighted by Gasteiger charge is -2.28. The van der Waals surface area contributed by atoms with Gasteiger partial charge in [-0.15, -0.1) is 12.4 Å². The van der Waals surface area contributed by atoms with Gasteiger partial charge >= 0.3 is 0 Å². The molecule has 1 N–H and O–H groups in total. The van der Waals surface area contributed by atoms with Crippen LogP contribution in [0, 0.1) is 0 Å². The van der Waals surface area contributed by atoms with E-state index in [0.717, 1.165) is 11.4 Å². The number of anilines is 2. The molecule has 9 heteroatoms. The minimum Gasteiger partial charge on any atom is -0.492 e. The van der Waals surface area contributed by atoms with E-state index in [1.807, 2.05) is 73.6 Å². The maximum absolute atomic E-state index is 13.5. The molecule has 0 saturated heterocycles. The molecule has 3 rings (SSSR count). The Bertz CT molecular complexity index is 1100. The molecule has 0 amide bonds. The average Bonchev–Trinajstić information content (AvgIpc) is 2.78. The molecule has 3 aromatic rings. The second kappa shape index (κ2) is 12.7. The number of rotatable bonds is 11. The molecule has 0 heterocycles. The van der Waals surface area contributed by atoms with Crippen molar-refractivity contribution in [2.45, 2.75) is 4.90 Å². The van der Waals surface area contributed by atoms with Crippen LogP contribution in [0.2, 0.25) is 5.02 Å². The lowest BCUT2D eigenvalue weighted by Crippen LogP contribution is -2.37. The summed E-state index contributed by atoms with van der Waals surface area (Å²) in [6.07, 6.45) is 0. The fraction of sp³-hybridized carbons (Fsp3) is 0.250. The summed E-state index contributed by atoms with van der Waals surface area (Å²) in [6.45, 7) is 1.84. The zero-order valence-corrected chi connectivity index (χ0v) is 21.0. The van der Waals surface area contributed by atoms with Crippen molar-refractivity contribution in [1.82, 2.24) is 4.90 Å².